The van der Waals surface area contributed by atoms with Crippen molar-refractivity contribution in [3.8, 4) is 0 Å². The molecule has 4 nitrogen and oxygen atoms in total. The lowest BCUT2D eigenvalue weighted by atomic mass is 9.83. The summed E-state index contributed by atoms with van der Waals surface area (Å²) in [5.74, 6) is 0. The molecule has 0 unspecified atom stereocenters. The first-order valence-electron chi connectivity index (χ1n) is 6.67. The second-order valence-electron chi connectivity index (χ2n) is 6.07. The van der Waals surface area contributed by atoms with Gasteiger partial charge in [-0.25, -0.2) is 0 Å². The van der Waals surface area contributed by atoms with Crippen LogP contribution in [0.2, 0.25) is 0 Å². The topological polar surface area (TPSA) is 46.4 Å². The lowest BCUT2D eigenvalue weighted by Gasteiger charge is -2.33. The van der Waals surface area contributed by atoms with E-state index in [1.165, 1.54) is 5.57 Å². The first-order valence-corrected chi connectivity index (χ1v) is 7.47. The summed E-state index contributed by atoms with van der Waals surface area (Å²) in [5.41, 5.74) is 2.46. The molecule has 0 N–H and O–H groups in total. The summed E-state index contributed by atoms with van der Waals surface area (Å²) in [6, 6.07) is 5.24. The Balaban J connectivity index is 2.27. The Bertz CT molecular complexity index is 561. The molecule has 5 heteroatoms. The Morgan fingerprint density at radius 1 is 1.35 bits per heavy atom. The van der Waals surface area contributed by atoms with Gasteiger partial charge in [0.05, 0.1) is 4.92 Å². The summed E-state index contributed by atoms with van der Waals surface area (Å²) < 4.78 is 0.732. The van der Waals surface area contributed by atoms with Crippen LogP contribution in [0.15, 0.2) is 34.3 Å². The Morgan fingerprint density at radius 2 is 2.05 bits per heavy atom. The highest BCUT2D eigenvalue weighted by atomic mass is 79.9. The molecule has 1 heterocycles. The summed E-state index contributed by atoms with van der Waals surface area (Å²) in [5, 5.41) is 11.2. The van der Waals surface area contributed by atoms with E-state index in [1.54, 1.807) is 6.07 Å². The number of nitrogens with zero attached hydrogens (tertiary/aromatic N) is 2. The number of anilines is 1. The quantitative estimate of drug-likeness (QED) is 0.451. The van der Waals surface area contributed by atoms with Gasteiger partial charge in [0.15, 0.2) is 0 Å². The number of benzene rings is 1. The van der Waals surface area contributed by atoms with Crippen molar-refractivity contribution in [1.82, 2.24) is 0 Å². The van der Waals surface area contributed by atoms with E-state index in [2.05, 4.69) is 47.7 Å². The average Bonchev–Trinajstić information content (AvgIpc) is 2.37. The first-order chi connectivity index (χ1) is 9.29. The van der Waals surface area contributed by atoms with Crippen LogP contribution in [0.25, 0.3) is 0 Å². The van der Waals surface area contributed by atoms with Crippen LogP contribution in [0.1, 0.15) is 27.2 Å². The monoisotopic (exact) mass is 338 g/mol. The molecule has 2 rings (SSSR count). The minimum atomic E-state index is -0.316. The number of halogens is 1. The Kier molecular flexibility index (Phi) is 4.18. The highest BCUT2D eigenvalue weighted by molar-refractivity contribution is 9.10. The van der Waals surface area contributed by atoms with Gasteiger partial charge in [-0.3, -0.25) is 10.1 Å². The van der Waals surface area contributed by atoms with E-state index in [1.807, 2.05) is 12.1 Å². The lowest BCUT2D eigenvalue weighted by Crippen LogP contribution is -2.31. The molecular weight excluding hydrogens is 320 g/mol. The Morgan fingerprint density at radius 3 is 2.55 bits per heavy atom. The largest absolute Gasteiger partial charge is 0.362 e. The zero-order valence-electron chi connectivity index (χ0n) is 12.0. The maximum absolute atomic E-state index is 11.2. The molecule has 1 aliphatic heterocycles. The van der Waals surface area contributed by atoms with Crippen molar-refractivity contribution in [1.29, 1.82) is 0 Å². The van der Waals surface area contributed by atoms with Gasteiger partial charge >= 0.3 is 0 Å². The highest BCUT2D eigenvalue weighted by Gasteiger charge is 2.25. The third-order valence-corrected chi connectivity index (χ3v) is 4.14. The fourth-order valence-electron chi connectivity index (χ4n) is 2.48. The summed E-state index contributed by atoms with van der Waals surface area (Å²) >= 11 is 3.29. The molecule has 20 heavy (non-hydrogen) atoms. The first kappa shape index (κ1) is 15.0. The van der Waals surface area contributed by atoms with Crippen molar-refractivity contribution < 1.29 is 4.92 Å². The van der Waals surface area contributed by atoms with E-state index in [4.69, 9.17) is 0 Å². The van der Waals surface area contributed by atoms with Gasteiger partial charge in [-0.2, -0.15) is 0 Å². The van der Waals surface area contributed by atoms with Gasteiger partial charge in [0.25, 0.3) is 5.69 Å². The van der Waals surface area contributed by atoms with Gasteiger partial charge in [-0.15, -0.1) is 0 Å². The Labute approximate surface area is 127 Å². The number of nitro groups is 1. The maximum atomic E-state index is 11.2. The van der Waals surface area contributed by atoms with Crippen molar-refractivity contribution in [3.63, 3.8) is 0 Å². The van der Waals surface area contributed by atoms with Crippen LogP contribution in [0.3, 0.4) is 0 Å². The van der Waals surface area contributed by atoms with Gasteiger partial charge in [0.2, 0.25) is 0 Å². The van der Waals surface area contributed by atoms with Crippen LogP contribution in [0.4, 0.5) is 11.4 Å². The van der Waals surface area contributed by atoms with Crippen molar-refractivity contribution >= 4 is 27.3 Å². The van der Waals surface area contributed by atoms with Crippen LogP contribution < -0.4 is 4.90 Å². The normalized spacial score (nSPS) is 16.0. The molecular formula is C15H19BrN2O2. The molecule has 0 aromatic heterocycles. The molecule has 0 saturated carbocycles. The molecule has 0 spiro atoms. The highest BCUT2D eigenvalue weighted by Crippen LogP contribution is 2.35. The second-order valence-corrected chi connectivity index (χ2v) is 6.98. The third kappa shape index (κ3) is 3.20. The predicted octanol–water partition coefficient (Wildman–Crippen LogP) is 4.54. The van der Waals surface area contributed by atoms with Crippen molar-refractivity contribution in [2.75, 3.05) is 18.0 Å². The molecule has 0 amide bonds. The van der Waals surface area contributed by atoms with Gasteiger partial charge in [-0.05, 0) is 24.0 Å². The molecule has 108 valence electrons. The van der Waals surface area contributed by atoms with E-state index in [0.717, 1.165) is 24.0 Å². The van der Waals surface area contributed by atoms with Crippen LogP contribution in [0, 0.1) is 15.5 Å². The zero-order chi connectivity index (χ0) is 14.9. The summed E-state index contributed by atoms with van der Waals surface area (Å²) in [4.78, 5) is 12.9. The fourth-order valence-corrected chi connectivity index (χ4v) is 2.83. The Hall–Kier alpha value is -1.36. The summed E-state index contributed by atoms with van der Waals surface area (Å²) in [6.07, 6.45) is 3.16. The van der Waals surface area contributed by atoms with Crippen LogP contribution in [-0.2, 0) is 0 Å². The molecule has 0 fully saturated rings. The third-order valence-electron chi connectivity index (χ3n) is 3.65. The van der Waals surface area contributed by atoms with E-state index < -0.39 is 0 Å². The fraction of sp³-hybridized carbons (Fsp3) is 0.467. The predicted molar refractivity (Wildman–Crippen MR) is 85.2 cm³/mol. The maximum Gasteiger partial charge on any atom is 0.293 e. The van der Waals surface area contributed by atoms with Gasteiger partial charge in [0, 0.05) is 23.6 Å². The van der Waals surface area contributed by atoms with Crippen LogP contribution in [0.5, 0.6) is 0 Å². The second kappa shape index (κ2) is 5.56. The van der Waals surface area contributed by atoms with Gasteiger partial charge in [0.1, 0.15) is 5.69 Å². The molecule has 1 aromatic carbocycles. The number of rotatable bonds is 2. The van der Waals surface area contributed by atoms with Crippen molar-refractivity contribution in [3.05, 3.63) is 44.4 Å². The molecule has 1 aliphatic rings. The minimum Gasteiger partial charge on any atom is -0.362 e. The molecule has 0 atom stereocenters. The summed E-state index contributed by atoms with van der Waals surface area (Å²) in [7, 11) is 0. The standard InChI is InChI=1S/C15H19BrN2O2/c1-15(2,3)11-6-8-17(9-7-11)13-5-4-12(16)10-14(13)18(19)20/h4-6,10H,7-9H2,1-3H3. The van der Waals surface area contributed by atoms with Crippen LogP contribution in [-0.4, -0.2) is 18.0 Å². The number of hydrogen-bond donors (Lipinski definition) is 0. The lowest BCUT2D eigenvalue weighted by molar-refractivity contribution is -0.384. The van der Waals surface area contributed by atoms with E-state index >= 15 is 0 Å². The molecule has 0 saturated heterocycles. The molecule has 0 aliphatic carbocycles. The summed E-state index contributed by atoms with van der Waals surface area (Å²) in [6.45, 7) is 8.17. The van der Waals surface area contributed by atoms with Crippen molar-refractivity contribution in [2.24, 2.45) is 5.41 Å². The van der Waals surface area contributed by atoms with Gasteiger partial charge in [-0.1, -0.05) is 48.4 Å². The van der Waals surface area contributed by atoms with Gasteiger partial charge < -0.3 is 4.90 Å². The minimum absolute atomic E-state index is 0.159. The van der Waals surface area contributed by atoms with E-state index in [-0.39, 0.29) is 16.0 Å². The smallest absolute Gasteiger partial charge is 0.293 e. The molecule has 0 bridgehead atoms. The average molecular weight is 339 g/mol. The van der Waals surface area contributed by atoms with Crippen LogP contribution >= 0.6 is 15.9 Å². The van der Waals surface area contributed by atoms with E-state index in [0.29, 0.717) is 5.69 Å². The molecule has 0 radical (unpaired) electrons. The van der Waals surface area contributed by atoms with E-state index in [9.17, 15) is 10.1 Å². The SMILES string of the molecule is CC(C)(C)C1=CCN(c2ccc(Br)cc2[N+](=O)[O-])CC1. The zero-order valence-corrected chi connectivity index (χ0v) is 13.6. The van der Waals surface area contributed by atoms with Crippen molar-refractivity contribution in [2.45, 2.75) is 27.2 Å². The number of nitro benzene ring substituents is 1. The molecule has 1 aromatic rings. The number of hydrogen-bond acceptors (Lipinski definition) is 3.